The maximum atomic E-state index is 5.59. The third kappa shape index (κ3) is 2.21. The molecule has 0 saturated carbocycles. The molecule has 0 aliphatic carbocycles. The fourth-order valence-corrected chi connectivity index (χ4v) is 1.24. The lowest BCUT2D eigenvalue weighted by atomic mass is 10.3. The molecular weight excluding hydrogens is 174 g/mol. The molecule has 0 aliphatic heterocycles. The van der Waals surface area contributed by atoms with E-state index in [1.54, 1.807) is 6.33 Å². The molecule has 0 bridgehead atoms. The number of rotatable bonds is 4. The zero-order chi connectivity index (χ0) is 8.97. The molecular formula is C8H14ClN3. The molecule has 68 valence electrons. The molecule has 0 unspecified atom stereocenters. The normalized spacial score (nSPS) is 11.0. The largest absolute Gasteiger partial charge is 0.248 e. The predicted molar refractivity (Wildman–Crippen MR) is 49.4 cm³/mol. The fraction of sp³-hybridized carbons (Fsp3) is 0.750. The molecule has 0 fully saturated rings. The summed E-state index contributed by atoms with van der Waals surface area (Å²) >= 11 is 5.59. The number of aromatic nitrogens is 3. The Morgan fingerprint density at radius 2 is 2.33 bits per heavy atom. The summed E-state index contributed by atoms with van der Waals surface area (Å²) < 4.78 is 1.94. The second-order valence-electron chi connectivity index (χ2n) is 3.01. The monoisotopic (exact) mass is 187 g/mol. The van der Waals surface area contributed by atoms with E-state index in [1.807, 2.05) is 4.68 Å². The molecule has 3 nitrogen and oxygen atoms in total. The Morgan fingerprint density at radius 3 is 2.92 bits per heavy atom. The fourth-order valence-electron chi connectivity index (χ4n) is 1.11. The van der Waals surface area contributed by atoms with Gasteiger partial charge >= 0.3 is 0 Å². The van der Waals surface area contributed by atoms with E-state index in [0.717, 1.165) is 18.7 Å². The third-order valence-electron chi connectivity index (χ3n) is 1.67. The molecule has 0 aromatic carbocycles. The quantitative estimate of drug-likeness (QED) is 0.676. The van der Waals surface area contributed by atoms with E-state index in [-0.39, 0.29) is 0 Å². The predicted octanol–water partition coefficient (Wildman–Crippen LogP) is 2.03. The molecule has 0 saturated heterocycles. The van der Waals surface area contributed by atoms with Crippen molar-refractivity contribution >= 4 is 11.6 Å². The van der Waals surface area contributed by atoms with E-state index in [4.69, 9.17) is 11.6 Å². The van der Waals surface area contributed by atoms with Crippen LogP contribution in [0.15, 0.2) is 6.33 Å². The highest BCUT2D eigenvalue weighted by Gasteiger charge is 2.05. The number of hydrogen-bond acceptors (Lipinski definition) is 2. The number of hydrogen-bond donors (Lipinski definition) is 0. The van der Waals surface area contributed by atoms with Gasteiger partial charge in [-0.1, -0.05) is 0 Å². The third-order valence-corrected chi connectivity index (χ3v) is 1.94. The van der Waals surface area contributed by atoms with Gasteiger partial charge in [-0.05, 0) is 20.3 Å². The van der Waals surface area contributed by atoms with Crippen molar-refractivity contribution < 1.29 is 0 Å². The zero-order valence-electron chi connectivity index (χ0n) is 7.50. The van der Waals surface area contributed by atoms with Gasteiger partial charge in [-0.2, -0.15) is 5.10 Å². The molecule has 0 spiro atoms. The summed E-state index contributed by atoms with van der Waals surface area (Å²) in [4.78, 5) is 4.17. The van der Waals surface area contributed by atoms with Crippen LogP contribution in [0.2, 0.25) is 0 Å². The second kappa shape index (κ2) is 4.45. The average Bonchev–Trinajstić information content (AvgIpc) is 2.48. The first-order chi connectivity index (χ1) is 5.75. The number of halogens is 1. The standard InChI is InChI=1S/C8H14ClN3/c1-7(2)12-8(4-3-5-9)10-6-11-12/h6-7H,3-5H2,1-2H3. The molecule has 1 aromatic heterocycles. The summed E-state index contributed by atoms with van der Waals surface area (Å²) in [5, 5.41) is 4.13. The molecule has 1 rings (SSSR count). The van der Waals surface area contributed by atoms with E-state index < -0.39 is 0 Å². The Morgan fingerprint density at radius 1 is 1.58 bits per heavy atom. The summed E-state index contributed by atoms with van der Waals surface area (Å²) in [5.41, 5.74) is 0. The number of aryl methyl sites for hydroxylation is 1. The Hall–Kier alpha value is -0.570. The van der Waals surface area contributed by atoms with Crippen molar-refractivity contribution in [2.24, 2.45) is 0 Å². The van der Waals surface area contributed by atoms with Crippen LogP contribution in [-0.2, 0) is 6.42 Å². The summed E-state index contributed by atoms with van der Waals surface area (Å²) in [5.74, 6) is 1.72. The molecule has 0 aliphatic rings. The molecule has 0 radical (unpaired) electrons. The van der Waals surface area contributed by atoms with Gasteiger partial charge in [0.2, 0.25) is 0 Å². The first kappa shape index (κ1) is 9.52. The van der Waals surface area contributed by atoms with Gasteiger partial charge < -0.3 is 0 Å². The minimum Gasteiger partial charge on any atom is -0.248 e. The van der Waals surface area contributed by atoms with E-state index in [1.165, 1.54) is 0 Å². The van der Waals surface area contributed by atoms with Crippen LogP contribution in [0, 0.1) is 0 Å². The van der Waals surface area contributed by atoms with Crippen LogP contribution < -0.4 is 0 Å². The van der Waals surface area contributed by atoms with Gasteiger partial charge in [-0.3, -0.25) is 0 Å². The first-order valence-corrected chi connectivity index (χ1v) is 4.73. The van der Waals surface area contributed by atoms with Crippen molar-refractivity contribution in [2.75, 3.05) is 5.88 Å². The van der Waals surface area contributed by atoms with Crippen molar-refractivity contribution in [2.45, 2.75) is 32.7 Å². The van der Waals surface area contributed by atoms with E-state index in [0.29, 0.717) is 11.9 Å². The smallest absolute Gasteiger partial charge is 0.138 e. The lowest BCUT2D eigenvalue weighted by Crippen LogP contribution is -2.08. The summed E-state index contributed by atoms with van der Waals surface area (Å²) in [6, 6.07) is 0.387. The summed E-state index contributed by atoms with van der Waals surface area (Å²) in [7, 11) is 0. The van der Waals surface area contributed by atoms with Gasteiger partial charge in [-0.15, -0.1) is 11.6 Å². The van der Waals surface area contributed by atoms with E-state index in [9.17, 15) is 0 Å². The van der Waals surface area contributed by atoms with Crippen LogP contribution in [-0.4, -0.2) is 20.6 Å². The Kier molecular flexibility index (Phi) is 3.53. The SMILES string of the molecule is CC(C)n1ncnc1CCCCl. The average molecular weight is 188 g/mol. The van der Waals surface area contributed by atoms with E-state index >= 15 is 0 Å². The first-order valence-electron chi connectivity index (χ1n) is 4.20. The van der Waals surface area contributed by atoms with E-state index in [2.05, 4.69) is 23.9 Å². The minimum atomic E-state index is 0.387. The summed E-state index contributed by atoms with van der Waals surface area (Å²) in [6.07, 6.45) is 3.48. The Bertz CT molecular complexity index is 232. The van der Waals surface area contributed by atoms with Crippen molar-refractivity contribution in [1.29, 1.82) is 0 Å². The van der Waals surface area contributed by atoms with Gasteiger partial charge in [0.15, 0.2) is 0 Å². The van der Waals surface area contributed by atoms with Gasteiger partial charge in [-0.25, -0.2) is 9.67 Å². The highest BCUT2D eigenvalue weighted by atomic mass is 35.5. The number of nitrogens with zero attached hydrogens (tertiary/aromatic N) is 3. The Labute approximate surface area is 77.8 Å². The van der Waals surface area contributed by atoms with Gasteiger partial charge in [0.05, 0.1) is 0 Å². The second-order valence-corrected chi connectivity index (χ2v) is 3.39. The maximum Gasteiger partial charge on any atom is 0.138 e. The van der Waals surface area contributed by atoms with Crippen molar-refractivity contribution in [3.05, 3.63) is 12.2 Å². The van der Waals surface area contributed by atoms with Crippen LogP contribution in [0.25, 0.3) is 0 Å². The minimum absolute atomic E-state index is 0.387. The highest BCUT2D eigenvalue weighted by molar-refractivity contribution is 6.17. The van der Waals surface area contributed by atoms with Gasteiger partial charge in [0.25, 0.3) is 0 Å². The zero-order valence-corrected chi connectivity index (χ0v) is 8.25. The van der Waals surface area contributed by atoms with Crippen LogP contribution in [0.5, 0.6) is 0 Å². The molecule has 12 heavy (non-hydrogen) atoms. The Balaban J connectivity index is 2.64. The lowest BCUT2D eigenvalue weighted by molar-refractivity contribution is 0.503. The molecule has 0 amide bonds. The van der Waals surface area contributed by atoms with Crippen molar-refractivity contribution in [3.8, 4) is 0 Å². The van der Waals surface area contributed by atoms with Crippen molar-refractivity contribution in [1.82, 2.24) is 14.8 Å². The van der Waals surface area contributed by atoms with Gasteiger partial charge in [0.1, 0.15) is 12.2 Å². The maximum absolute atomic E-state index is 5.59. The van der Waals surface area contributed by atoms with Crippen molar-refractivity contribution in [3.63, 3.8) is 0 Å². The van der Waals surface area contributed by atoms with Crippen LogP contribution in [0.4, 0.5) is 0 Å². The number of alkyl halides is 1. The molecule has 0 N–H and O–H groups in total. The molecule has 1 heterocycles. The van der Waals surface area contributed by atoms with Crippen LogP contribution in [0.3, 0.4) is 0 Å². The van der Waals surface area contributed by atoms with Crippen LogP contribution in [0.1, 0.15) is 32.1 Å². The molecule has 0 atom stereocenters. The van der Waals surface area contributed by atoms with Gasteiger partial charge in [0, 0.05) is 18.3 Å². The topological polar surface area (TPSA) is 30.7 Å². The highest BCUT2D eigenvalue weighted by Crippen LogP contribution is 2.07. The lowest BCUT2D eigenvalue weighted by Gasteiger charge is -2.07. The molecule has 4 heteroatoms. The summed E-state index contributed by atoms with van der Waals surface area (Å²) in [6.45, 7) is 4.19. The van der Waals surface area contributed by atoms with Crippen LogP contribution >= 0.6 is 11.6 Å². The molecule has 1 aromatic rings.